The van der Waals surface area contributed by atoms with Gasteiger partial charge in [0.1, 0.15) is 0 Å². The molecule has 2 heterocycles. The number of ketones is 1. The van der Waals surface area contributed by atoms with Crippen LogP contribution in [-0.4, -0.2) is 10.9 Å². The summed E-state index contributed by atoms with van der Waals surface area (Å²) >= 11 is 0. The van der Waals surface area contributed by atoms with Crippen LogP contribution in [0.2, 0.25) is 0 Å². The SMILES string of the molecule is Cc1noc2c1[C@H](C(C)C)C1=C(CC(C)(C)CC1=O)N2. The molecule has 1 aromatic rings. The van der Waals surface area contributed by atoms with Crippen molar-refractivity contribution < 1.29 is 9.32 Å². The molecule has 0 radical (unpaired) electrons. The summed E-state index contributed by atoms with van der Waals surface area (Å²) in [4.78, 5) is 12.7. The lowest BCUT2D eigenvalue weighted by Crippen LogP contribution is -2.34. The van der Waals surface area contributed by atoms with Gasteiger partial charge in [0.25, 0.3) is 0 Å². The molecule has 0 unspecified atom stereocenters. The van der Waals surface area contributed by atoms with Gasteiger partial charge in [-0.1, -0.05) is 32.9 Å². The number of aromatic nitrogens is 1. The third-order valence-electron chi connectivity index (χ3n) is 4.38. The Bertz CT molecular complexity index is 608. The van der Waals surface area contributed by atoms with Gasteiger partial charge in [-0.05, 0) is 24.7 Å². The zero-order valence-corrected chi connectivity index (χ0v) is 12.8. The fraction of sp³-hybridized carbons (Fsp3) is 0.625. The maximum absolute atomic E-state index is 12.7. The van der Waals surface area contributed by atoms with E-state index in [-0.39, 0.29) is 17.1 Å². The fourth-order valence-electron chi connectivity index (χ4n) is 3.59. The van der Waals surface area contributed by atoms with Crippen LogP contribution in [0, 0.1) is 18.3 Å². The second-order valence-corrected chi connectivity index (χ2v) is 7.19. The van der Waals surface area contributed by atoms with Crippen molar-refractivity contribution in [1.82, 2.24) is 5.16 Å². The van der Waals surface area contributed by atoms with E-state index in [1.54, 1.807) is 0 Å². The molecule has 0 aromatic carbocycles. The molecule has 1 aliphatic carbocycles. The number of fused-ring (bicyclic) bond motifs is 1. The summed E-state index contributed by atoms with van der Waals surface area (Å²) in [5, 5.41) is 7.39. The van der Waals surface area contributed by atoms with E-state index in [1.165, 1.54) is 0 Å². The van der Waals surface area contributed by atoms with Crippen molar-refractivity contribution in [3.05, 3.63) is 22.5 Å². The summed E-state index contributed by atoms with van der Waals surface area (Å²) < 4.78 is 5.41. The van der Waals surface area contributed by atoms with Crippen LogP contribution in [0.25, 0.3) is 0 Å². The number of carbonyl (C=O) groups is 1. The molecule has 0 fully saturated rings. The zero-order chi connectivity index (χ0) is 14.7. The Morgan fingerprint density at radius 2 is 2.05 bits per heavy atom. The number of nitrogens with zero attached hydrogens (tertiary/aromatic N) is 1. The van der Waals surface area contributed by atoms with Crippen LogP contribution < -0.4 is 5.32 Å². The number of hydrogen-bond donors (Lipinski definition) is 1. The van der Waals surface area contributed by atoms with Gasteiger partial charge in [0.2, 0.25) is 5.88 Å². The van der Waals surface area contributed by atoms with Crippen molar-refractivity contribution in [2.45, 2.75) is 53.4 Å². The number of nitrogens with one attached hydrogen (secondary N) is 1. The number of carbonyl (C=O) groups excluding carboxylic acids is 1. The molecule has 1 atom stereocenters. The summed E-state index contributed by atoms with van der Waals surface area (Å²) in [6, 6.07) is 0. The third-order valence-corrected chi connectivity index (χ3v) is 4.38. The van der Waals surface area contributed by atoms with E-state index < -0.39 is 0 Å². The minimum atomic E-state index is 0.0109. The lowest BCUT2D eigenvalue weighted by Gasteiger charge is -2.38. The summed E-state index contributed by atoms with van der Waals surface area (Å²) in [5.41, 5.74) is 3.95. The Morgan fingerprint density at radius 1 is 1.35 bits per heavy atom. The lowest BCUT2D eigenvalue weighted by atomic mass is 9.68. The smallest absolute Gasteiger partial charge is 0.232 e. The van der Waals surface area contributed by atoms with E-state index in [0.29, 0.717) is 12.3 Å². The van der Waals surface area contributed by atoms with Crippen molar-refractivity contribution in [3.8, 4) is 0 Å². The average molecular weight is 274 g/mol. The molecular weight excluding hydrogens is 252 g/mol. The monoisotopic (exact) mass is 274 g/mol. The maximum Gasteiger partial charge on any atom is 0.232 e. The van der Waals surface area contributed by atoms with Gasteiger partial charge in [0.15, 0.2) is 5.78 Å². The Hall–Kier alpha value is -1.58. The highest BCUT2D eigenvalue weighted by atomic mass is 16.5. The molecule has 0 spiro atoms. The number of rotatable bonds is 1. The molecular formula is C16H22N2O2. The molecule has 1 aromatic heterocycles. The summed E-state index contributed by atoms with van der Waals surface area (Å²) in [6.07, 6.45) is 1.51. The Labute approximate surface area is 119 Å². The first-order chi connectivity index (χ1) is 9.30. The van der Waals surface area contributed by atoms with Crippen molar-refractivity contribution in [2.24, 2.45) is 11.3 Å². The van der Waals surface area contributed by atoms with Gasteiger partial charge in [0, 0.05) is 29.2 Å². The van der Waals surface area contributed by atoms with Gasteiger partial charge >= 0.3 is 0 Å². The largest absolute Gasteiger partial charge is 0.338 e. The van der Waals surface area contributed by atoms with Crippen LogP contribution >= 0.6 is 0 Å². The zero-order valence-electron chi connectivity index (χ0n) is 12.8. The van der Waals surface area contributed by atoms with E-state index >= 15 is 0 Å². The van der Waals surface area contributed by atoms with Crippen LogP contribution in [0.4, 0.5) is 5.88 Å². The molecule has 4 heteroatoms. The van der Waals surface area contributed by atoms with Gasteiger partial charge in [-0.2, -0.15) is 0 Å². The number of anilines is 1. The molecule has 1 N–H and O–H groups in total. The molecule has 4 nitrogen and oxygen atoms in total. The van der Waals surface area contributed by atoms with Gasteiger partial charge in [-0.15, -0.1) is 0 Å². The molecule has 0 saturated heterocycles. The highest BCUT2D eigenvalue weighted by Crippen LogP contribution is 2.49. The standard InChI is InChI=1S/C16H22N2O2/c1-8(2)12-13-9(3)18-20-15(13)17-10-6-16(4,5)7-11(19)14(10)12/h8,12,17H,6-7H2,1-5H3/t12-/m0/s1. The molecule has 20 heavy (non-hydrogen) atoms. The van der Waals surface area contributed by atoms with Crippen molar-refractivity contribution in [3.63, 3.8) is 0 Å². The van der Waals surface area contributed by atoms with E-state index in [0.717, 1.165) is 34.8 Å². The molecule has 0 bridgehead atoms. The topological polar surface area (TPSA) is 55.1 Å². The lowest BCUT2D eigenvalue weighted by molar-refractivity contribution is -0.118. The van der Waals surface area contributed by atoms with E-state index in [4.69, 9.17) is 4.52 Å². The molecule has 108 valence electrons. The van der Waals surface area contributed by atoms with Gasteiger partial charge in [-0.3, -0.25) is 4.79 Å². The number of hydrogen-bond acceptors (Lipinski definition) is 4. The minimum absolute atomic E-state index is 0.0109. The normalized spacial score (nSPS) is 24.5. The van der Waals surface area contributed by atoms with Crippen molar-refractivity contribution in [1.29, 1.82) is 0 Å². The van der Waals surface area contributed by atoms with Gasteiger partial charge in [-0.25, -0.2) is 0 Å². The molecule has 1 aliphatic heterocycles. The van der Waals surface area contributed by atoms with E-state index in [1.807, 2.05) is 6.92 Å². The van der Waals surface area contributed by atoms with Crippen LogP contribution in [-0.2, 0) is 4.79 Å². The third kappa shape index (κ3) is 1.89. The first-order valence-corrected chi connectivity index (χ1v) is 7.29. The Kier molecular flexibility index (Phi) is 2.82. The van der Waals surface area contributed by atoms with E-state index in [9.17, 15) is 4.79 Å². The van der Waals surface area contributed by atoms with Crippen molar-refractivity contribution in [2.75, 3.05) is 5.32 Å². The fourth-order valence-corrected chi connectivity index (χ4v) is 3.59. The van der Waals surface area contributed by atoms with Crippen LogP contribution in [0.5, 0.6) is 0 Å². The predicted octanol–water partition coefficient (Wildman–Crippen LogP) is 3.79. The van der Waals surface area contributed by atoms with Gasteiger partial charge < -0.3 is 9.84 Å². The number of allylic oxidation sites excluding steroid dienone is 2. The quantitative estimate of drug-likeness (QED) is 0.846. The predicted molar refractivity (Wildman–Crippen MR) is 77.5 cm³/mol. The summed E-state index contributed by atoms with van der Waals surface area (Å²) in [6.45, 7) is 10.5. The highest BCUT2D eigenvalue weighted by Gasteiger charge is 2.43. The van der Waals surface area contributed by atoms with Crippen LogP contribution in [0.3, 0.4) is 0 Å². The first-order valence-electron chi connectivity index (χ1n) is 7.29. The summed E-state index contributed by atoms with van der Waals surface area (Å²) in [5.74, 6) is 1.46. The molecule has 3 rings (SSSR count). The number of aryl methyl sites for hydroxylation is 1. The molecule has 2 aliphatic rings. The minimum Gasteiger partial charge on any atom is -0.338 e. The second kappa shape index (κ2) is 4.21. The maximum atomic E-state index is 12.7. The van der Waals surface area contributed by atoms with E-state index in [2.05, 4.69) is 38.2 Å². The first kappa shape index (κ1) is 13.4. The van der Waals surface area contributed by atoms with Crippen LogP contribution in [0.1, 0.15) is 57.7 Å². The molecule has 0 saturated carbocycles. The molecule has 0 amide bonds. The number of Topliss-reactive ketones (excluding diaryl/α,β-unsaturated/α-hetero) is 1. The van der Waals surface area contributed by atoms with Gasteiger partial charge in [0.05, 0.1) is 5.69 Å². The van der Waals surface area contributed by atoms with Crippen LogP contribution in [0.15, 0.2) is 15.8 Å². The second-order valence-electron chi connectivity index (χ2n) is 7.19. The average Bonchev–Trinajstić information content (AvgIpc) is 2.66. The Morgan fingerprint density at radius 3 is 2.70 bits per heavy atom. The highest BCUT2D eigenvalue weighted by molar-refractivity contribution is 6.00. The van der Waals surface area contributed by atoms with Crippen molar-refractivity contribution >= 4 is 11.7 Å². The summed E-state index contributed by atoms with van der Waals surface area (Å²) in [7, 11) is 0. The Balaban J connectivity index is 2.16.